The van der Waals surface area contributed by atoms with E-state index >= 15 is 0 Å². The number of benzene rings is 1. The largest absolute Gasteiger partial charge is 0.380 e. The van der Waals surface area contributed by atoms with Crippen molar-refractivity contribution in [2.24, 2.45) is 11.8 Å². The first-order valence-electron chi connectivity index (χ1n) is 13.7. The minimum atomic E-state index is -3.02. The van der Waals surface area contributed by atoms with E-state index in [-0.39, 0.29) is 29.7 Å². The van der Waals surface area contributed by atoms with Crippen LogP contribution in [0.1, 0.15) is 38.7 Å². The zero-order valence-corrected chi connectivity index (χ0v) is 24.5. The number of nitrogens with one attached hydrogen (secondary N) is 1. The quantitative estimate of drug-likeness (QED) is 0.428. The molecule has 2 unspecified atom stereocenters. The van der Waals surface area contributed by atoms with Crippen LogP contribution in [-0.2, 0) is 14.6 Å². The summed E-state index contributed by atoms with van der Waals surface area (Å²) >= 11 is 0. The van der Waals surface area contributed by atoms with Crippen LogP contribution in [0.15, 0.2) is 36.7 Å². The summed E-state index contributed by atoms with van der Waals surface area (Å²) in [5.41, 5.74) is 2.29. The summed E-state index contributed by atoms with van der Waals surface area (Å²) in [5.74, 6) is 2.28. The van der Waals surface area contributed by atoms with Crippen molar-refractivity contribution >= 4 is 43.9 Å². The Balaban J connectivity index is 1.40. The maximum Gasteiger partial charge on any atom is 0.227 e. The van der Waals surface area contributed by atoms with Gasteiger partial charge >= 0.3 is 0 Å². The molecular formula is C29H37N7O3S. The molecule has 0 spiro atoms. The van der Waals surface area contributed by atoms with Crippen LogP contribution in [-0.4, -0.2) is 74.3 Å². The number of hydrogen-bond donors (Lipinski definition) is 1. The number of piperidine rings is 1. The smallest absolute Gasteiger partial charge is 0.227 e. The molecule has 4 atom stereocenters. The molecule has 10 nitrogen and oxygen atoms in total. The van der Waals surface area contributed by atoms with Crippen LogP contribution >= 0.6 is 0 Å². The average molecular weight is 564 g/mol. The van der Waals surface area contributed by atoms with Gasteiger partial charge in [0.2, 0.25) is 5.95 Å². The first-order valence-corrected chi connectivity index (χ1v) is 15.8. The zero-order chi connectivity index (χ0) is 28.6. The number of anilines is 4. The number of nitrogens with zero attached hydrogens (tertiary/aromatic N) is 6. The SMILES string of the molecule is COC1CCN(c2nccc(Nc3cc4c(C(C)C)ccc(N5C[C@H](CS(C)(=O)=O)[C@H]5C)c4cn3)n2)CC1C#N. The molecular weight excluding hydrogens is 526 g/mol. The monoisotopic (exact) mass is 563 g/mol. The molecule has 1 aromatic carbocycles. The van der Waals surface area contributed by atoms with Crippen LogP contribution in [0.2, 0.25) is 0 Å². The van der Waals surface area contributed by atoms with E-state index in [9.17, 15) is 13.7 Å². The number of hydrogen-bond acceptors (Lipinski definition) is 10. The molecule has 0 saturated carbocycles. The minimum absolute atomic E-state index is 0.0748. The fourth-order valence-electron chi connectivity index (χ4n) is 5.88. The molecule has 2 fully saturated rings. The Hall–Kier alpha value is -3.49. The van der Waals surface area contributed by atoms with Gasteiger partial charge in [-0.1, -0.05) is 19.9 Å². The summed E-state index contributed by atoms with van der Waals surface area (Å²) < 4.78 is 29.2. The van der Waals surface area contributed by atoms with Gasteiger partial charge in [0.25, 0.3) is 0 Å². The summed E-state index contributed by atoms with van der Waals surface area (Å²) in [7, 11) is -1.37. The molecule has 4 heterocycles. The molecule has 0 radical (unpaired) electrons. The van der Waals surface area contributed by atoms with Crippen LogP contribution in [0.3, 0.4) is 0 Å². The molecule has 3 aromatic rings. The Morgan fingerprint density at radius 2 is 1.98 bits per heavy atom. The first kappa shape index (κ1) is 28.1. The van der Waals surface area contributed by atoms with Crippen molar-refractivity contribution in [1.29, 1.82) is 5.26 Å². The van der Waals surface area contributed by atoms with E-state index in [1.165, 1.54) is 11.8 Å². The highest BCUT2D eigenvalue weighted by atomic mass is 32.2. The van der Waals surface area contributed by atoms with E-state index < -0.39 is 9.84 Å². The molecule has 1 N–H and O–H groups in total. The lowest BCUT2D eigenvalue weighted by Crippen LogP contribution is -2.57. The van der Waals surface area contributed by atoms with E-state index in [4.69, 9.17) is 14.7 Å². The molecule has 212 valence electrons. The van der Waals surface area contributed by atoms with Crippen LogP contribution in [0.5, 0.6) is 0 Å². The Morgan fingerprint density at radius 3 is 2.65 bits per heavy atom. The number of rotatable bonds is 8. The number of fused-ring (bicyclic) bond motifs is 1. The van der Waals surface area contributed by atoms with E-state index in [1.54, 1.807) is 13.3 Å². The van der Waals surface area contributed by atoms with Gasteiger partial charge in [0.05, 0.1) is 23.8 Å². The highest BCUT2D eigenvalue weighted by Crippen LogP contribution is 2.39. The zero-order valence-electron chi connectivity index (χ0n) is 23.7. The normalized spacial score (nSPS) is 23.2. The van der Waals surface area contributed by atoms with E-state index in [2.05, 4.69) is 60.2 Å². The van der Waals surface area contributed by atoms with Gasteiger partial charge in [-0.15, -0.1) is 0 Å². The second-order valence-electron chi connectivity index (χ2n) is 11.3. The van der Waals surface area contributed by atoms with Gasteiger partial charge in [-0.2, -0.15) is 10.2 Å². The van der Waals surface area contributed by atoms with E-state index in [0.717, 1.165) is 29.4 Å². The maximum atomic E-state index is 11.8. The van der Waals surface area contributed by atoms with Gasteiger partial charge in [-0.25, -0.2) is 18.4 Å². The lowest BCUT2D eigenvalue weighted by atomic mass is 9.88. The number of methoxy groups -OCH3 is 1. The molecule has 0 bridgehead atoms. The third-order valence-electron chi connectivity index (χ3n) is 8.16. The minimum Gasteiger partial charge on any atom is -0.380 e. The lowest BCUT2D eigenvalue weighted by molar-refractivity contribution is 0.0566. The molecule has 2 saturated heterocycles. The van der Waals surface area contributed by atoms with Crippen molar-refractivity contribution in [3.8, 4) is 6.07 Å². The van der Waals surface area contributed by atoms with Crippen molar-refractivity contribution in [3.63, 3.8) is 0 Å². The van der Waals surface area contributed by atoms with Gasteiger partial charge in [-0.05, 0) is 48.4 Å². The molecule has 2 aromatic heterocycles. The Labute approximate surface area is 236 Å². The Kier molecular flexibility index (Phi) is 7.84. The van der Waals surface area contributed by atoms with Gasteiger partial charge in [0, 0.05) is 68.4 Å². The number of sulfone groups is 1. The highest BCUT2D eigenvalue weighted by molar-refractivity contribution is 7.90. The van der Waals surface area contributed by atoms with Crippen molar-refractivity contribution in [2.45, 2.75) is 45.3 Å². The highest BCUT2D eigenvalue weighted by Gasteiger charge is 2.38. The third kappa shape index (κ3) is 5.69. The summed E-state index contributed by atoms with van der Waals surface area (Å²) in [5, 5.41) is 15.1. The fourth-order valence-corrected chi connectivity index (χ4v) is 7.04. The summed E-state index contributed by atoms with van der Waals surface area (Å²) in [6.45, 7) is 8.39. The number of nitriles is 1. The van der Waals surface area contributed by atoms with Crippen molar-refractivity contribution in [1.82, 2.24) is 15.0 Å². The average Bonchev–Trinajstić information content (AvgIpc) is 2.93. The van der Waals surface area contributed by atoms with Crippen molar-refractivity contribution < 1.29 is 13.2 Å². The number of pyridine rings is 1. The fraction of sp³-hybridized carbons (Fsp3) is 0.517. The molecule has 5 rings (SSSR count). The molecule has 0 aliphatic carbocycles. The summed E-state index contributed by atoms with van der Waals surface area (Å²) in [6, 6.07) is 10.7. The van der Waals surface area contributed by atoms with Gasteiger partial charge < -0.3 is 19.9 Å². The maximum absolute atomic E-state index is 11.8. The second-order valence-corrected chi connectivity index (χ2v) is 13.5. The number of ether oxygens (including phenoxy) is 1. The summed E-state index contributed by atoms with van der Waals surface area (Å²) in [4.78, 5) is 18.2. The predicted molar refractivity (Wildman–Crippen MR) is 158 cm³/mol. The van der Waals surface area contributed by atoms with E-state index in [0.29, 0.717) is 36.6 Å². The lowest BCUT2D eigenvalue weighted by Gasteiger charge is -2.48. The van der Waals surface area contributed by atoms with Crippen LogP contribution < -0.4 is 15.1 Å². The molecule has 2 aliphatic heterocycles. The van der Waals surface area contributed by atoms with Crippen LogP contribution in [0, 0.1) is 23.2 Å². The Morgan fingerprint density at radius 1 is 1.18 bits per heavy atom. The first-order chi connectivity index (χ1) is 19.1. The van der Waals surface area contributed by atoms with Crippen molar-refractivity contribution in [3.05, 3.63) is 42.2 Å². The standard InChI is InChI=1S/C29H37N7O3S/c1-18(2)22-6-7-25(36-16-21(19(36)3)17-40(5,37)38)24-14-32-28(12-23(22)24)33-27-8-10-31-29(34-27)35-11-9-26(39-4)20(13-30)15-35/h6-8,10,12,14,18-21,26H,9,11,15-17H2,1-5H3,(H,31,32,33,34)/t19-,20?,21-,26?/m1/s1. The predicted octanol–water partition coefficient (Wildman–Crippen LogP) is 4.13. The van der Waals surface area contributed by atoms with Crippen LogP contribution in [0.4, 0.5) is 23.3 Å². The third-order valence-corrected chi connectivity index (χ3v) is 9.20. The topological polar surface area (TPSA) is 124 Å². The molecule has 0 amide bonds. The molecule has 11 heteroatoms. The second kappa shape index (κ2) is 11.2. The van der Waals surface area contributed by atoms with Crippen molar-refractivity contribution in [2.75, 3.05) is 53.9 Å². The Bertz CT molecular complexity index is 1540. The molecule has 40 heavy (non-hydrogen) atoms. The number of aromatic nitrogens is 3. The molecule has 2 aliphatic rings. The van der Waals surface area contributed by atoms with Gasteiger partial charge in [0.1, 0.15) is 21.5 Å². The summed E-state index contributed by atoms with van der Waals surface area (Å²) in [6.07, 6.45) is 5.58. The van der Waals surface area contributed by atoms with Crippen LogP contribution in [0.25, 0.3) is 10.8 Å². The van der Waals surface area contributed by atoms with E-state index in [1.807, 2.05) is 17.2 Å². The van der Waals surface area contributed by atoms with Gasteiger partial charge in [-0.3, -0.25) is 0 Å². The van der Waals surface area contributed by atoms with Gasteiger partial charge in [0.15, 0.2) is 0 Å².